The van der Waals surface area contributed by atoms with Crippen LogP contribution in [0.25, 0.3) is 0 Å². The number of hydrogen-bond donors (Lipinski definition) is 3. The highest BCUT2D eigenvalue weighted by Crippen LogP contribution is 2.65. The molecule has 0 saturated heterocycles. The lowest BCUT2D eigenvalue weighted by atomic mass is 9.45. The number of Topliss-reactive ketones (excluding diaryl/α,β-unsaturated/α-hetero) is 1. The number of rotatable bonds is 3. The number of carbonyl (C=O) groups excluding carboxylic acids is 1. The molecule has 6 nitrogen and oxygen atoms in total. The van der Waals surface area contributed by atoms with Crippen molar-refractivity contribution < 1.29 is 19.4 Å². The van der Waals surface area contributed by atoms with E-state index in [2.05, 4.69) is 39.6 Å². The van der Waals surface area contributed by atoms with Crippen LogP contribution in [0.1, 0.15) is 124 Å². The van der Waals surface area contributed by atoms with Crippen molar-refractivity contribution in [1.29, 1.82) is 5.26 Å². The average molecular weight is 655 g/mol. The van der Waals surface area contributed by atoms with Crippen LogP contribution in [0.3, 0.4) is 0 Å². The molecule has 0 aromatic carbocycles. The average Bonchev–Trinajstić information content (AvgIpc) is 2.95. The fraction of sp³-hybridized carbons (Fsp3) is 0.949. The Morgan fingerprint density at radius 1 is 0.739 bits per heavy atom. The number of hydrogen-bond acceptors (Lipinski definition) is 6. The minimum Gasteiger partial charge on any atom is -0.399 e. The van der Waals surface area contributed by atoms with Crippen LogP contribution >= 0.6 is 0 Å². The molecular weight excluding hydrogens is 589 g/mol. The molecule has 0 aliphatic heterocycles. The smallest absolute Gasteiger partial charge is 0.185 e. The summed E-state index contributed by atoms with van der Waals surface area (Å²) < 4.78 is 6.47. The van der Waals surface area contributed by atoms with E-state index in [1.807, 2.05) is 13.8 Å². The van der Waals surface area contributed by atoms with Crippen molar-refractivity contribution in [2.45, 2.75) is 160 Å². The second-order valence-electron chi connectivity index (χ2n) is 19.6. The highest BCUT2D eigenvalue weighted by molar-refractivity contribution is 6.69. The van der Waals surface area contributed by atoms with Gasteiger partial charge in [-0.25, -0.2) is 0 Å². The minimum absolute atomic E-state index is 0.253. The van der Waals surface area contributed by atoms with E-state index in [0.717, 1.165) is 43.9 Å². The summed E-state index contributed by atoms with van der Waals surface area (Å²) >= 11 is 0. The predicted octanol–water partition coefficient (Wildman–Crippen LogP) is 7.62. The van der Waals surface area contributed by atoms with Crippen molar-refractivity contribution in [2.75, 3.05) is 6.54 Å². The largest absolute Gasteiger partial charge is 0.399 e. The van der Waals surface area contributed by atoms with E-state index in [1.165, 1.54) is 64.2 Å². The number of nitriles is 1. The van der Waals surface area contributed by atoms with E-state index in [9.17, 15) is 20.3 Å². The van der Waals surface area contributed by atoms with E-state index < -0.39 is 25.1 Å². The fourth-order valence-corrected chi connectivity index (χ4v) is 15.1. The maximum atomic E-state index is 11.7. The van der Waals surface area contributed by atoms with Gasteiger partial charge < -0.3 is 20.4 Å². The van der Waals surface area contributed by atoms with Gasteiger partial charge in [0.25, 0.3) is 0 Å². The van der Waals surface area contributed by atoms with Gasteiger partial charge in [-0.1, -0.05) is 27.7 Å². The van der Waals surface area contributed by atoms with Crippen molar-refractivity contribution in [1.82, 2.24) is 0 Å². The molecule has 46 heavy (non-hydrogen) atoms. The number of nitrogens with zero attached hydrogens (tertiary/aromatic N) is 1. The Labute approximate surface area is 281 Å². The predicted molar refractivity (Wildman–Crippen MR) is 185 cm³/mol. The van der Waals surface area contributed by atoms with E-state index in [1.54, 1.807) is 0 Å². The van der Waals surface area contributed by atoms with E-state index >= 15 is 0 Å². The summed E-state index contributed by atoms with van der Waals surface area (Å²) in [5, 5.41) is 30.6. The Kier molecular flexibility index (Phi) is 9.09. The first-order valence-electron chi connectivity index (χ1n) is 19.3. The van der Waals surface area contributed by atoms with Gasteiger partial charge in [0.05, 0.1) is 17.3 Å². The van der Waals surface area contributed by atoms with Gasteiger partial charge in [-0.05, 0) is 156 Å². The molecule has 0 spiro atoms. The van der Waals surface area contributed by atoms with Crippen molar-refractivity contribution in [3.8, 4) is 6.07 Å². The topological polar surface area (TPSA) is 117 Å². The summed E-state index contributed by atoms with van der Waals surface area (Å²) in [7, 11) is -1.66. The van der Waals surface area contributed by atoms with Gasteiger partial charge in [0, 0.05) is 30.2 Å². The van der Waals surface area contributed by atoms with Crippen LogP contribution in [0.2, 0.25) is 19.6 Å². The number of nitrogens with two attached hydrogens (primary N) is 1. The third-order valence-electron chi connectivity index (χ3n) is 14.6. The van der Waals surface area contributed by atoms with Gasteiger partial charge in [-0.3, -0.25) is 4.79 Å². The summed E-state index contributed by atoms with van der Waals surface area (Å²) in [4.78, 5) is 11.7. The van der Waals surface area contributed by atoms with Crippen LogP contribution in [0.5, 0.6) is 0 Å². The van der Waals surface area contributed by atoms with Gasteiger partial charge in [-0.15, -0.1) is 0 Å². The normalized spacial score (nSPS) is 53.0. The molecule has 12 fully saturated rings. The molecule has 0 aromatic heterocycles. The van der Waals surface area contributed by atoms with Crippen LogP contribution in [-0.2, 0) is 9.22 Å². The quantitative estimate of drug-likeness (QED) is 0.270. The number of carbonyl (C=O) groups is 1. The molecule has 12 aliphatic rings. The Bertz CT molecular complexity index is 1160. The minimum atomic E-state index is -1.66. The van der Waals surface area contributed by atoms with Gasteiger partial charge in [-0.2, -0.15) is 5.26 Å². The van der Waals surface area contributed by atoms with Crippen molar-refractivity contribution in [3.05, 3.63) is 0 Å². The maximum Gasteiger partial charge on any atom is 0.185 e. The molecule has 7 heteroatoms. The van der Waals surface area contributed by atoms with Crippen molar-refractivity contribution >= 4 is 14.1 Å². The summed E-state index contributed by atoms with van der Waals surface area (Å²) in [6.07, 6.45) is 17.3. The molecule has 12 saturated carbocycles. The van der Waals surface area contributed by atoms with E-state index in [0.29, 0.717) is 52.7 Å². The van der Waals surface area contributed by atoms with Crippen molar-refractivity contribution in [3.63, 3.8) is 0 Å². The molecule has 12 rings (SSSR count). The van der Waals surface area contributed by atoms with Gasteiger partial charge in [0.15, 0.2) is 8.32 Å². The molecule has 12 aliphatic carbocycles. The lowest BCUT2D eigenvalue weighted by molar-refractivity contribution is -0.221. The Hall–Kier alpha value is -0.783. The van der Waals surface area contributed by atoms with Crippen LogP contribution in [0.15, 0.2) is 0 Å². The highest BCUT2D eigenvalue weighted by atomic mass is 28.4. The van der Waals surface area contributed by atoms with Crippen LogP contribution in [0, 0.1) is 75.4 Å². The number of ketones is 1. The molecule has 0 aromatic rings. The Morgan fingerprint density at radius 2 is 1.17 bits per heavy atom. The molecular formula is C39H66N2O4Si. The first-order valence-corrected chi connectivity index (χ1v) is 22.7. The summed E-state index contributed by atoms with van der Waals surface area (Å²) in [6.45, 7) is 15.9. The zero-order valence-corrected chi connectivity index (χ0v) is 31.2. The SMILES string of the molecule is CC.CC12CC3CC(C1)C(=O)C(C3)C2.CC12CC3CC(C1)C(C#N)(O[Si](C)(C)C)C(C3)C2.NCC1(O)C2CC3CC1CC(O)(C3)C2. The summed E-state index contributed by atoms with van der Waals surface area (Å²) in [5.74, 6) is 5.50. The second kappa shape index (κ2) is 11.9. The first-order chi connectivity index (χ1) is 21.5. The highest BCUT2D eigenvalue weighted by Gasteiger charge is 2.63. The van der Waals surface area contributed by atoms with Gasteiger partial charge in [0.1, 0.15) is 11.4 Å². The van der Waals surface area contributed by atoms with Crippen LogP contribution in [0.4, 0.5) is 0 Å². The molecule has 0 radical (unpaired) electrons. The maximum absolute atomic E-state index is 11.7. The lowest BCUT2D eigenvalue weighted by Gasteiger charge is -2.63. The Balaban J connectivity index is 0.000000120. The molecule has 6 unspecified atom stereocenters. The van der Waals surface area contributed by atoms with Crippen molar-refractivity contribution in [2.24, 2.45) is 69.8 Å². The Morgan fingerprint density at radius 3 is 1.57 bits per heavy atom. The first kappa shape index (κ1) is 35.1. The van der Waals surface area contributed by atoms with Gasteiger partial charge >= 0.3 is 0 Å². The molecule has 12 bridgehead atoms. The fourth-order valence-electron chi connectivity index (χ4n) is 13.7. The standard InChI is InChI=1S/C15H25NOSi.C11H19NO2.C11H16O.C2H6/c1-14-7-11-5-12(8-14)15(10-16,13(6-11)9-14)17-18(2,3)4;12-6-11(14)8-1-7-2-9(11)5-10(13,3-7)4-8;1-11-4-7-2-8(5-11)10(12)9(3-7)6-11;1-2/h11-13H,5-9H2,1-4H3;7-9,13-14H,1-6,12H2;7-9H,2-6H2,1H3;1-2H3. The van der Waals surface area contributed by atoms with Gasteiger partial charge in [0.2, 0.25) is 0 Å². The molecule has 6 atom stereocenters. The molecule has 260 valence electrons. The van der Waals surface area contributed by atoms with Crippen LogP contribution < -0.4 is 5.73 Å². The number of aliphatic hydroxyl groups is 2. The molecule has 0 heterocycles. The summed E-state index contributed by atoms with van der Waals surface area (Å²) in [6, 6.07) is 2.65. The lowest BCUT2D eigenvalue weighted by Crippen LogP contribution is -2.66. The molecule has 0 amide bonds. The van der Waals surface area contributed by atoms with E-state index in [4.69, 9.17) is 10.2 Å². The molecule has 4 N–H and O–H groups in total. The zero-order chi connectivity index (χ0) is 33.5. The summed E-state index contributed by atoms with van der Waals surface area (Å²) in [5.41, 5.74) is 5.22. The third-order valence-corrected chi connectivity index (χ3v) is 15.5. The zero-order valence-electron chi connectivity index (χ0n) is 30.2. The monoisotopic (exact) mass is 654 g/mol. The third kappa shape index (κ3) is 6.12. The van der Waals surface area contributed by atoms with E-state index in [-0.39, 0.29) is 11.8 Å². The van der Waals surface area contributed by atoms with Crippen LogP contribution in [-0.4, -0.2) is 47.7 Å². The second-order valence-corrected chi connectivity index (χ2v) is 24.0.